The molecule has 0 saturated carbocycles. The van der Waals surface area contributed by atoms with Crippen molar-refractivity contribution in [1.29, 1.82) is 0 Å². The van der Waals surface area contributed by atoms with E-state index in [0.717, 1.165) is 16.8 Å². The van der Waals surface area contributed by atoms with Gasteiger partial charge in [0.25, 0.3) is 0 Å². The summed E-state index contributed by atoms with van der Waals surface area (Å²) in [5.74, 6) is -0.749. The maximum atomic E-state index is 12.6. The molecular weight excluding hydrogens is 340 g/mol. The van der Waals surface area contributed by atoms with Gasteiger partial charge in [0.1, 0.15) is 5.56 Å². The van der Waals surface area contributed by atoms with Gasteiger partial charge in [0.15, 0.2) is 6.61 Å². The van der Waals surface area contributed by atoms with Crippen molar-refractivity contribution in [3.05, 3.63) is 82.2 Å². The van der Waals surface area contributed by atoms with Gasteiger partial charge in [-0.2, -0.15) is 5.10 Å². The van der Waals surface area contributed by atoms with Crippen molar-refractivity contribution < 1.29 is 14.3 Å². The Kier molecular flexibility index (Phi) is 5.21. The van der Waals surface area contributed by atoms with Crippen LogP contribution in [0.15, 0.2) is 48.5 Å². The highest BCUT2D eigenvalue weighted by molar-refractivity contribution is 6.01. The minimum absolute atomic E-state index is 0.213. The molecule has 0 spiro atoms. The lowest BCUT2D eigenvalue weighted by atomic mass is 10.0. The molecule has 27 heavy (non-hydrogen) atoms. The minimum atomic E-state index is -0.536. The first-order chi connectivity index (χ1) is 12.9. The third kappa shape index (κ3) is 3.82. The third-order valence-corrected chi connectivity index (χ3v) is 4.52. The largest absolute Gasteiger partial charge is 0.454 e. The summed E-state index contributed by atoms with van der Waals surface area (Å²) in [7, 11) is 0. The number of esters is 1. The molecule has 0 unspecified atom stereocenters. The molecule has 0 N–H and O–H groups in total. The number of carbonyl (C=O) groups is 2. The minimum Gasteiger partial charge on any atom is -0.454 e. The lowest BCUT2D eigenvalue weighted by molar-refractivity contribution is 0.0473. The molecule has 0 aliphatic carbocycles. The molecular formula is C22H22N2O3. The quantitative estimate of drug-likeness (QED) is 0.505. The average Bonchev–Trinajstić information content (AvgIpc) is 2.96. The Labute approximate surface area is 158 Å². The summed E-state index contributed by atoms with van der Waals surface area (Å²) in [6, 6.07) is 15.2. The van der Waals surface area contributed by atoms with E-state index in [1.54, 1.807) is 11.6 Å². The molecule has 0 aliphatic rings. The summed E-state index contributed by atoms with van der Waals surface area (Å²) in [4.78, 5) is 25.0. The van der Waals surface area contributed by atoms with Crippen LogP contribution in [-0.2, 0) is 4.74 Å². The normalized spacial score (nSPS) is 10.7. The topological polar surface area (TPSA) is 61.2 Å². The third-order valence-electron chi connectivity index (χ3n) is 4.52. The Hall–Kier alpha value is -3.21. The van der Waals surface area contributed by atoms with E-state index in [2.05, 4.69) is 5.10 Å². The van der Waals surface area contributed by atoms with Gasteiger partial charge in [-0.1, -0.05) is 35.9 Å². The van der Waals surface area contributed by atoms with Gasteiger partial charge < -0.3 is 4.74 Å². The first-order valence-corrected chi connectivity index (χ1v) is 8.77. The molecule has 5 heteroatoms. The highest BCUT2D eigenvalue weighted by atomic mass is 16.5. The second-order valence-electron chi connectivity index (χ2n) is 6.61. The average molecular weight is 362 g/mol. The van der Waals surface area contributed by atoms with E-state index in [1.165, 1.54) is 0 Å². The number of hydrogen-bond acceptors (Lipinski definition) is 4. The van der Waals surface area contributed by atoms with Gasteiger partial charge in [-0.15, -0.1) is 0 Å². The fourth-order valence-corrected chi connectivity index (χ4v) is 3.08. The standard InChI is InChI=1S/C22H22N2O3/c1-14-10-11-15(2)19(12-14)20(25)13-27-22(26)21-16(3)23-24(17(21)4)18-8-6-5-7-9-18/h5-12H,13H2,1-4H3. The predicted octanol–water partition coefficient (Wildman–Crippen LogP) is 4.15. The number of aryl methyl sites for hydroxylation is 3. The summed E-state index contributed by atoms with van der Waals surface area (Å²) in [5, 5.41) is 4.44. The number of Topliss-reactive ketones (excluding diaryl/α,β-unsaturated/α-hetero) is 1. The Bertz CT molecular complexity index is 1000. The summed E-state index contributed by atoms with van der Waals surface area (Å²) in [5.41, 5.74) is 4.95. The lowest BCUT2D eigenvalue weighted by Gasteiger charge is -2.08. The van der Waals surface area contributed by atoms with Crippen LogP contribution in [0.2, 0.25) is 0 Å². The van der Waals surface area contributed by atoms with E-state index < -0.39 is 5.97 Å². The Morgan fingerprint density at radius 1 is 1.00 bits per heavy atom. The van der Waals surface area contributed by atoms with Crippen LogP contribution in [0, 0.1) is 27.7 Å². The van der Waals surface area contributed by atoms with Gasteiger partial charge >= 0.3 is 5.97 Å². The molecule has 138 valence electrons. The van der Waals surface area contributed by atoms with Gasteiger partial charge in [-0.3, -0.25) is 4.79 Å². The van der Waals surface area contributed by atoms with Crippen LogP contribution in [0.3, 0.4) is 0 Å². The number of rotatable bonds is 5. The SMILES string of the molecule is Cc1ccc(C)c(C(=O)COC(=O)c2c(C)nn(-c3ccccc3)c2C)c1. The second kappa shape index (κ2) is 7.58. The van der Waals surface area contributed by atoms with Gasteiger partial charge in [-0.25, -0.2) is 9.48 Å². The smallest absolute Gasteiger partial charge is 0.342 e. The number of carbonyl (C=O) groups excluding carboxylic acids is 2. The summed E-state index contributed by atoms with van der Waals surface area (Å²) < 4.78 is 7.02. The van der Waals surface area contributed by atoms with Crippen LogP contribution < -0.4 is 0 Å². The maximum absolute atomic E-state index is 12.6. The van der Waals surface area contributed by atoms with Crippen molar-refractivity contribution in [2.45, 2.75) is 27.7 Å². The van der Waals surface area contributed by atoms with Crippen LogP contribution in [-0.4, -0.2) is 28.1 Å². The zero-order valence-corrected chi connectivity index (χ0v) is 15.9. The first-order valence-electron chi connectivity index (χ1n) is 8.77. The van der Waals surface area contributed by atoms with E-state index in [1.807, 2.05) is 69.3 Å². The Morgan fingerprint density at radius 2 is 1.70 bits per heavy atom. The van der Waals surface area contributed by atoms with Crippen LogP contribution in [0.25, 0.3) is 5.69 Å². The molecule has 0 fully saturated rings. The predicted molar refractivity (Wildman–Crippen MR) is 104 cm³/mol. The van der Waals surface area contributed by atoms with E-state index in [0.29, 0.717) is 22.5 Å². The molecule has 3 rings (SSSR count). The molecule has 3 aromatic rings. The molecule has 1 heterocycles. The van der Waals surface area contributed by atoms with Crippen molar-refractivity contribution in [1.82, 2.24) is 9.78 Å². The van der Waals surface area contributed by atoms with Crippen molar-refractivity contribution in [3.63, 3.8) is 0 Å². The van der Waals surface area contributed by atoms with Crippen molar-refractivity contribution in [2.75, 3.05) is 6.61 Å². The Balaban J connectivity index is 1.78. The molecule has 0 bridgehead atoms. The zero-order valence-electron chi connectivity index (χ0n) is 15.9. The molecule has 0 radical (unpaired) electrons. The number of para-hydroxylation sites is 1. The fourth-order valence-electron chi connectivity index (χ4n) is 3.08. The number of hydrogen-bond donors (Lipinski definition) is 0. The van der Waals surface area contributed by atoms with E-state index in [9.17, 15) is 9.59 Å². The molecule has 0 atom stereocenters. The summed E-state index contributed by atoms with van der Waals surface area (Å²) in [6.45, 7) is 7.07. The highest BCUT2D eigenvalue weighted by Crippen LogP contribution is 2.19. The summed E-state index contributed by atoms with van der Waals surface area (Å²) in [6.07, 6.45) is 0. The number of ketones is 1. The molecule has 1 aromatic heterocycles. The fraction of sp³-hybridized carbons (Fsp3) is 0.227. The Morgan fingerprint density at radius 3 is 2.41 bits per heavy atom. The lowest BCUT2D eigenvalue weighted by Crippen LogP contribution is -2.16. The first kappa shape index (κ1) is 18.6. The highest BCUT2D eigenvalue weighted by Gasteiger charge is 2.22. The molecule has 0 aliphatic heterocycles. The van der Waals surface area contributed by atoms with E-state index in [4.69, 9.17) is 4.74 Å². The van der Waals surface area contributed by atoms with E-state index >= 15 is 0 Å². The molecule has 5 nitrogen and oxygen atoms in total. The van der Waals surface area contributed by atoms with Crippen LogP contribution >= 0.6 is 0 Å². The van der Waals surface area contributed by atoms with Crippen molar-refractivity contribution in [3.8, 4) is 5.69 Å². The second-order valence-corrected chi connectivity index (χ2v) is 6.61. The van der Waals surface area contributed by atoms with E-state index in [-0.39, 0.29) is 12.4 Å². The monoisotopic (exact) mass is 362 g/mol. The van der Waals surface area contributed by atoms with Gasteiger partial charge in [-0.05, 0) is 51.5 Å². The summed E-state index contributed by atoms with van der Waals surface area (Å²) >= 11 is 0. The van der Waals surface area contributed by atoms with Crippen molar-refractivity contribution >= 4 is 11.8 Å². The van der Waals surface area contributed by atoms with Crippen molar-refractivity contribution in [2.24, 2.45) is 0 Å². The number of aromatic nitrogens is 2. The van der Waals surface area contributed by atoms with Gasteiger partial charge in [0.2, 0.25) is 5.78 Å². The van der Waals surface area contributed by atoms with Crippen LogP contribution in [0.4, 0.5) is 0 Å². The zero-order chi connectivity index (χ0) is 19.6. The number of nitrogens with zero attached hydrogens (tertiary/aromatic N) is 2. The number of ether oxygens (including phenoxy) is 1. The van der Waals surface area contributed by atoms with Gasteiger partial charge in [0.05, 0.1) is 17.1 Å². The molecule has 2 aromatic carbocycles. The van der Waals surface area contributed by atoms with Crippen LogP contribution in [0.5, 0.6) is 0 Å². The molecule has 0 saturated heterocycles. The number of benzene rings is 2. The molecule has 0 amide bonds. The van der Waals surface area contributed by atoms with Crippen LogP contribution in [0.1, 0.15) is 43.2 Å². The van der Waals surface area contributed by atoms with Gasteiger partial charge in [0, 0.05) is 5.56 Å². The maximum Gasteiger partial charge on any atom is 0.342 e.